The third-order valence-corrected chi connectivity index (χ3v) is 5.54. The molecule has 3 heterocycles. The fourth-order valence-electron chi connectivity index (χ4n) is 4.00. The quantitative estimate of drug-likeness (QED) is 0.738. The number of aryl methyl sites for hydroxylation is 1. The first-order chi connectivity index (χ1) is 13.8. The van der Waals surface area contributed by atoms with Crippen LogP contribution in [-0.4, -0.2) is 39.8 Å². The molecule has 4 rings (SSSR count). The van der Waals surface area contributed by atoms with Crippen molar-refractivity contribution in [2.24, 2.45) is 5.92 Å². The molecule has 0 spiro atoms. The summed E-state index contributed by atoms with van der Waals surface area (Å²) in [6.45, 7) is 3.98. The van der Waals surface area contributed by atoms with E-state index in [-0.39, 0.29) is 12.5 Å². The molecule has 5 nitrogen and oxygen atoms in total. The fraction of sp³-hybridized carbons (Fsp3) is 0.348. The van der Waals surface area contributed by atoms with Crippen molar-refractivity contribution in [1.29, 1.82) is 0 Å². The van der Waals surface area contributed by atoms with Crippen LogP contribution >= 0.6 is 0 Å². The van der Waals surface area contributed by atoms with E-state index in [9.17, 15) is 5.11 Å². The van der Waals surface area contributed by atoms with Gasteiger partial charge in [0.25, 0.3) is 0 Å². The second-order valence-corrected chi connectivity index (χ2v) is 7.30. The minimum atomic E-state index is 0.175. The molecule has 0 bridgehead atoms. The summed E-state index contributed by atoms with van der Waals surface area (Å²) in [5.74, 6) is 2.16. The predicted molar refractivity (Wildman–Crippen MR) is 111 cm³/mol. The van der Waals surface area contributed by atoms with E-state index in [1.807, 2.05) is 24.3 Å². The van der Waals surface area contributed by atoms with Crippen LogP contribution in [0.15, 0.2) is 60.8 Å². The van der Waals surface area contributed by atoms with Crippen molar-refractivity contribution in [3.8, 4) is 11.5 Å². The molecule has 0 saturated carbocycles. The number of pyridine rings is 1. The third kappa shape index (κ3) is 3.90. The minimum Gasteiger partial charge on any atom is -0.396 e. The molecule has 1 aliphatic rings. The second-order valence-electron chi connectivity index (χ2n) is 7.30. The van der Waals surface area contributed by atoms with Crippen molar-refractivity contribution in [2.75, 3.05) is 24.6 Å². The molecule has 144 valence electrons. The number of piperidine rings is 1. The van der Waals surface area contributed by atoms with E-state index in [1.54, 1.807) is 6.20 Å². The molecule has 5 heteroatoms. The zero-order chi connectivity index (χ0) is 19.3. The van der Waals surface area contributed by atoms with Crippen LogP contribution in [0.25, 0.3) is 11.5 Å². The van der Waals surface area contributed by atoms with Crippen LogP contribution in [0.5, 0.6) is 0 Å². The van der Waals surface area contributed by atoms with Crippen molar-refractivity contribution in [2.45, 2.75) is 25.7 Å². The van der Waals surface area contributed by atoms with Crippen LogP contribution in [0.1, 0.15) is 30.5 Å². The topological polar surface area (TPSA) is 62.1 Å². The molecule has 1 saturated heterocycles. The number of nitrogens with zero attached hydrogens (tertiary/aromatic N) is 4. The largest absolute Gasteiger partial charge is 0.396 e. The summed E-state index contributed by atoms with van der Waals surface area (Å²) in [6, 6.07) is 18.4. The summed E-state index contributed by atoms with van der Waals surface area (Å²) in [5.41, 5.74) is 3.11. The third-order valence-electron chi connectivity index (χ3n) is 5.54. The molecular formula is C23H26N4O. The molecule has 2 aromatic heterocycles. The van der Waals surface area contributed by atoms with Gasteiger partial charge in [0.2, 0.25) is 0 Å². The summed E-state index contributed by atoms with van der Waals surface area (Å²) >= 11 is 0. The molecule has 1 aliphatic heterocycles. The highest BCUT2D eigenvalue weighted by Crippen LogP contribution is 2.34. The first-order valence-electron chi connectivity index (χ1n) is 9.98. The zero-order valence-corrected chi connectivity index (χ0v) is 16.2. The fourth-order valence-corrected chi connectivity index (χ4v) is 4.00. The Morgan fingerprint density at radius 2 is 1.89 bits per heavy atom. The van der Waals surface area contributed by atoms with Gasteiger partial charge in [-0.1, -0.05) is 43.3 Å². The van der Waals surface area contributed by atoms with Crippen LogP contribution in [0.3, 0.4) is 0 Å². The normalized spacial score (nSPS) is 19.6. The second kappa shape index (κ2) is 8.48. The number of aliphatic hydroxyl groups excluding tert-OH is 1. The molecule has 1 fully saturated rings. The van der Waals surface area contributed by atoms with Crippen molar-refractivity contribution in [3.63, 3.8) is 0 Å². The molecule has 1 N–H and O–H groups in total. The van der Waals surface area contributed by atoms with Gasteiger partial charge in [0.05, 0.1) is 0 Å². The molecule has 3 aromatic rings. The smallest absolute Gasteiger partial charge is 0.180 e. The van der Waals surface area contributed by atoms with E-state index in [4.69, 9.17) is 4.98 Å². The Hall–Kier alpha value is -2.79. The van der Waals surface area contributed by atoms with Crippen molar-refractivity contribution < 1.29 is 5.11 Å². The Morgan fingerprint density at radius 1 is 1.07 bits per heavy atom. The highest BCUT2D eigenvalue weighted by molar-refractivity contribution is 5.54. The van der Waals surface area contributed by atoms with Crippen LogP contribution in [-0.2, 0) is 6.42 Å². The lowest BCUT2D eigenvalue weighted by molar-refractivity contribution is 0.189. The van der Waals surface area contributed by atoms with Gasteiger partial charge >= 0.3 is 0 Å². The van der Waals surface area contributed by atoms with E-state index in [0.717, 1.165) is 43.1 Å². The summed E-state index contributed by atoms with van der Waals surface area (Å²) in [4.78, 5) is 16.2. The zero-order valence-electron chi connectivity index (χ0n) is 16.2. The Kier molecular flexibility index (Phi) is 5.63. The Morgan fingerprint density at radius 3 is 2.61 bits per heavy atom. The number of aromatic nitrogens is 3. The maximum Gasteiger partial charge on any atom is 0.180 e. The van der Waals surface area contributed by atoms with Gasteiger partial charge < -0.3 is 10.0 Å². The van der Waals surface area contributed by atoms with E-state index < -0.39 is 0 Å². The molecule has 28 heavy (non-hydrogen) atoms. The Bertz CT molecular complexity index is 901. The first kappa shape index (κ1) is 18.6. The molecule has 0 unspecified atom stereocenters. The SMILES string of the molecule is CCc1cc(N2CC[C@@H](c3ccccc3)[C@@H](CO)C2)nc(-c2ccccn2)n1. The summed E-state index contributed by atoms with van der Waals surface area (Å²) in [6.07, 6.45) is 3.61. The lowest BCUT2D eigenvalue weighted by atomic mass is 9.81. The van der Waals surface area contributed by atoms with Gasteiger partial charge in [0.1, 0.15) is 11.5 Å². The maximum atomic E-state index is 10.1. The number of anilines is 1. The van der Waals surface area contributed by atoms with Gasteiger partial charge in [-0.15, -0.1) is 0 Å². The number of hydrogen-bond donors (Lipinski definition) is 1. The highest BCUT2D eigenvalue weighted by atomic mass is 16.3. The molecule has 0 amide bonds. The van der Waals surface area contributed by atoms with Crippen LogP contribution < -0.4 is 4.90 Å². The summed E-state index contributed by atoms with van der Waals surface area (Å²) < 4.78 is 0. The van der Waals surface area contributed by atoms with Crippen molar-refractivity contribution in [1.82, 2.24) is 15.0 Å². The molecule has 1 aromatic carbocycles. The van der Waals surface area contributed by atoms with Gasteiger partial charge in [-0.05, 0) is 36.5 Å². The average molecular weight is 374 g/mol. The van der Waals surface area contributed by atoms with E-state index in [1.165, 1.54) is 5.56 Å². The number of hydrogen-bond acceptors (Lipinski definition) is 5. The lowest BCUT2D eigenvalue weighted by Gasteiger charge is -2.39. The summed E-state index contributed by atoms with van der Waals surface area (Å²) in [5, 5.41) is 10.1. The molecule has 2 atom stereocenters. The van der Waals surface area contributed by atoms with Crippen LogP contribution in [0.2, 0.25) is 0 Å². The first-order valence-corrected chi connectivity index (χ1v) is 9.98. The standard InChI is InChI=1S/C23H26N4O/c1-2-19-14-22(26-23(25-19)21-10-6-7-12-24-21)27-13-11-20(18(15-27)16-28)17-8-4-3-5-9-17/h3-10,12,14,18,20,28H,2,11,13,15-16H2,1H3/t18-,20+/m1/s1. The van der Waals surface area contributed by atoms with Crippen LogP contribution in [0, 0.1) is 5.92 Å². The van der Waals surface area contributed by atoms with Gasteiger partial charge in [0, 0.05) is 43.6 Å². The Labute approximate surface area is 166 Å². The molecule has 0 aliphatic carbocycles. The van der Waals surface area contributed by atoms with Gasteiger partial charge in [-0.3, -0.25) is 4.98 Å². The van der Waals surface area contributed by atoms with E-state index in [2.05, 4.69) is 52.1 Å². The predicted octanol–water partition coefficient (Wildman–Crippen LogP) is 3.70. The van der Waals surface area contributed by atoms with Crippen LogP contribution in [0.4, 0.5) is 5.82 Å². The van der Waals surface area contributed by atoms with E-state index in [0.29, 0.717) is 11.7 Å². The minimum absolute atomic E-state index is 0.175. The van der Waals surface area contributed by atoms with E-state index >= 15 is 0 Å². The van der Waals surface area contributed by atoms with Crippen molar-refractivity contribution >= 4 is 5.82 Å². The van der Waals surface area contributed by atoms with Gasteiger partial charge in [-0.2, -0.15) is 0 Å². The number of aliphatic hydroxyl groups is 1. The van der Waals surface area contributed by atoms with Gasteiger partial charge in [-0.25, -0.2) is 9.97 Å². The van der Waals surface area contributed by atoms with Gasteiger partial charge in [0.15, 0.2) is 5.82 Å². The molecule has 0 radical (unpaired) electrons. The van der Waals surface area contributed by atoms with Crippen molar-refractivity contribution in [3.05, 3.63) is 72.1 Å². The molecular weight excluding hydrogens is 348 g/mol. The lowest BCUT2D eigenvalue weighted by Crippen LogP contribution is -2.41. The Balaban J connectivity index is 1.61. The average Bonchev–Trinajstić information content (AvgIpc) is 2.79. The number of rotatable bonds is 5. The number of benzene rings is 1. The highest BCUT2D eigenvalue weighted by Gasteiger charge is 2.30. The monoisotopic (exact) mass is 374 g/mol. The maximum absolute atomic E-state index is 10.1. The summed E-state index contributed by atoms with van der Waals surface area (Å²) in [7, 11) is 0.